The number of ether oxygens (including phenoxy) is 2. The van der Waals surface area contributed by atoms with Crippen molar-refractivity contribution in [2.24, 2.45) is 0 Å². The number of pyridine rings is 1. The number of H-pyrrole nitrogens is 1. The molecule has 0 saturated heterocycles. The molecule has 0 unspecified atom stereocenters. The quantitative estimate of drug-likeness (QED) is 0.581. The zero-order valence-corrected chi connectivity index (χ0v) is 17.6. The number of fused-ring (bicyclic) bond motifs is 1. The Kier molecular flexibility index (Phi) is 6.72. The van der Waals surface area contributed by atoms with Gasteiger partial charge in [-0.3, -0.25) is 4.79 Å². The predicted molar refractivity (Wildman–Crippen MR) is 120 cm³/mol. The number of para-hydroxylation sites is 1. The summed E-state index contributed by atoms with van der Waals surface area (Å²) in [7, 11) is 3.25. The molecule has 2 N–H and O–H groups in total. The van der Waals surface area contributed by atoms with Crippen molar-refractivity contribution in [3.63, 3.8) is 0 Å². The fraction of sp³-hybridized carbons (Fsp3) is 0.273. The fourth-order valence-corrected chi connectivity index (χ4v) is 3.45. The second kappa shape index (κ2) is 9.43. The summed E-state index contributed by atoms with van der Waals surface area (Å²) in [4.78, 5) is 17.6. The summed E-state index contributed by atoms with van der Waals surface area (Å²) in [5.41, 5.74) is 2.23. The molecule has 1 aromatic heterocycles. The molecule has 0 bridgehead atoms. The van der Waals surface area contributed by atoms with Gasteiger partial charge in [-0.05, 0) is 48.8 Å². The van der Waals surface area contributed by atoms with Gasteiger partial charge in [0.1, 0.15) is 11.5 Å². The molecule has 0 aliphatic heterocycles. The highest BCUT2D eigenvalue weighted by Gasteiger charge is 2.15. The SMILES string of the molecule is CCNC(=S)N(Cc1ccccc1OC)Cc1cc2ccc(OC)cc2[nH]c1=O. The van der Waals surface area contributed by atoms with Crippen LogP contribution >= 0.6 is 12.2 Å². The van der Waals surface area contributed by atoms with E-state index in [2.05, 4.69) is 10.3 Å². The highest BCUT2D eigenvalue weighted by molar-refractivity contribution is 7.80. The lowest BCUT2D eigenvalue weighted by Gasteiger charge is -2.26. The van der Waals surface area contributed by atoms with Gasteiger partial charge >= 0.3 is 0 Å². The first-order valence-corrected chi connectivity index (χ1v) is 9.81. The zero-order valence-electron chi connectivity index (χ0n) is 16.8. The molecule has 2 aromatic carbocycles. The summed E-state index contributed by atoms with van der Waals surface area (Å²) in [5.74, 6) is 1.49. The Morgan fingerprint density at radius 2 is 1.83 bits per heavy atom. The molecule has 7 heteroatoms. The van der Waals surface area contributed by atoms with Crippen molar-refractivity contribution < 1.29 is 9.47 Å². The van der Waals surface area contributed by atoms with Crippen LogP contribution in [0, 0.1) is 0 Å². The van der Waals surface area contributed by atoms with Gasteiger partial charge in [0, 0.05) is 30.3 Å². The highest BCUT2D eigenvalue weighted by atomic mass is 32.1. The van der Waals surface area contributed by atoms with Gasteiger partial charge in [-0.2, -0.15) is 0 Å². The number of hydrogen-bond acceptors (Lipinski definition) is 4. The molecular formula is C22H25N3O3S. The monoisotopic (exact) mass is 411 g/mol. The number of methoxy groups -OCH3 is 2. The van der Waals surface area contributed by atoms with Crippen LogP contribution in [0.25, 0.3) is 10.9 Å². The molecule has 6 nitrogen and oxygen atoms in total. The molecule has 0 fully saturated rings. The minimum absolute atomic E-state index is 0.143. The van der Waals surface area contributed by atoms with Gasteiger partial charge in [-0.25, -0.2) is 0 Å². The molecular weight excluding hydrogens is 386 g/mol. The molecule has 29 heavy (non-hydrogen) atoms. The molecule has 3 rings (SSSR count). The van der Waals surface area contributed by atoms with E-state index >= 15 is 0 Å². The minimum atomic E-state index is -0.143. The lowest BCUT2D eigenvalue weighted by molar-refractivity contribution is 0.371. The number of thiocarbonyl (C=S) groups is 1. The molecule has 0 radical (unpaired) electrons. The van der Waals surface area contributed by atoms with Gasteiger partial charge in [-0.15, -0.1) is 0 Å². The number of hydrogen-bond donors (Lipinski definition) is 2. The zero-order chi connectivity index (χ0) is 20.8. The molecule has 0 saturated carbocycles. The molecule has 0 spiro atoms. The summed E-state index contributed by atoms with van der Waals surface area (Å²) in [6, 6.07) is 15.3. The molecule has 0 atom stereocenters. The topological polar surface area (TPSA) is 66.6 Å². The van der Waals surface area contributed by atoms with E-state index in [-0.39, 0.29) is 5.56 Å². The average Bonchev–Trinajstić information content (AvgIpc) is 2.73. The van der Waals surface area contributed by atoms with Crippen molar-refractivity contribution in [3.8, 4) is 11.5 Å². The fourth-order valence-electron chi connectivity index (χ4n) is 3.18. The predicted octanol–water partition coefficient (Wildman–Crippen LogP) is 3.44. The van der Waals surface area contributed by atoms with Crippen LogP contribution in [-0.2, 0) is 13.1 Å². The average molecular weight is 412 g/mol. The normalized spacial score (nSPS) is 10.6. The standard InChI is InChI=1S/C22H25N3O3S/c1-4-23-22(29)25(13-16-7-5-6-8-20(16)28-3)14-17-11-15-9-10-18(27-2)12-19(15)24-21(17)26/h5-12H,4,13-14H2,1-3H3,(H,23,29)(H,24,26). The van der Waals surface area contributed by atoms with Gasteiger partial charge in [0.15, 0.2) is 5.11 Å². The maximum absolute atomic E-state index is 12.7. The van der Waals surface area contributed by atoms with Crippen LogP contribution in [0.2, 0.25) is 0 Å². The van der Waals surface area contributed by atoms with Gasteiger partial charge in [0.2, 0.25) is 0 Å². The largest absolute Gasteiger partial charge is 0.497 e. The van der Waals surface area contributed by atoms with E-state index in [0.717, 1.165) is 22.2 Å². The second-order valence-electron chi connectivity index (χ2n) is 6.58. The van der Waals surface area contributed by atoms with E-state index in [9.17, 15) is 4.79 Å². The van der Waals surface area contributed by atoms with Crippen LogP contribution < -0.4 is 20.3 Å². The number of nitrogens with one attached hydrogen (secondary N) is 2. The highest BCUT2D eigenvalue weighted by Crippen LogP contribution is 2.22. The third-order valence-electron chi connectivity index (χ3n) is 4.66. The van der Waals surface area contributed by atoms with E-state index in [1.165, 1.54) is 0 Å². The van der Waals surface area contributed by atoms with Crippen molar-refractivity contribution in [1.29, 1.82) is 0 Å². The van der Waals surface area contributed by atoms with E-state index in [1.54, 1.807) is 14.2 Å². The third kappa shape index (κ3) is 4.86. The molecule has 152 valence electrons. The van der Waals surface area contributed by atoms with E-state index in [4.69, 9.17) is 21.7 Å². The van der Waals surface area contributed by atoms with Crippen LogP contribution in [0.5, 0.6) is 11.5 Å². The van der Waals surface area contributed by atoms with Gasteiger partial charge in [-0.1, -0.05) is 18.2 Å². The molecule has 0 aliphatic rings. The summed E-state index contributed by atoms with van der Waals surface area (Å²) < 4.78 is 10.7. The molecule has 0 amide bonds. The Morgan fingerprint density at radius 3 is 2.55 bits per heavy atom. The molecule has 3 aromatic rings. The number of nitrogens with zero attached hydrogens (tertiary/aromatic N) is 1. The van der Waals surface area contributed by atoms with E-state index < -0.39 is 0 Å². The third-order valence-corrected chi connectivity index (χ3v) is 5.06. The Balaban J connectivity index is 1.94. The first-order valence-electron chi connectivity index (χ1n) is 9.40. The number of aromatic nitrogens is 1. The number of benzene rings is 2. The minimum Gasteiger partial charge on any atom is -0.497 e. The van der Waals surface area contributed by atoms with Crippen LogP contribution in [0.3, 0.4) is 0 Å². The summed E-state index contributed by atoms with van der Waals surface area (Å²) >= 11 is 5.57. The van der Waals surface area contributed by atoms with E-state index in [0.29, 0.717) is 36.1 Å². The first kappa shape index (κ1) is 20.7. The number of aromatic amines is 1. The van der Waals surface area contributed by atoms with Crippen molar-refractivity contribution in [3.05, 3.63) is 70.0 Å². The van der Waals surface area contributed by atoms with Crippen LogP contribution in [-0.4, -0.2) is 35.8 Å². The maximum Gasteiger partial charge on any atom is 0.253 e. The van der Waals surface area contributed by atoms with Crippen molar-refractivity contribution in [1.82, 2.24) is 15.2 Å². The number of rotatable bonds is 7. The van der Waals surface area contributed by atoms with Gasteiger partial charge < -0.3 is 24.7 Å². The van der Waals surface area contributed by atoms with Crippen molar-refractivity contribution >= 4 is 28.2 Å². The Hall–Kier alpha value is -3.06. The Morgan fingerprint density at radius 1 is 1.07 bits per heavy atom. The lowest BCUT2D eigenvalue weighted by atomic mass is 10.1. The van der Waals surface area contributed by atoms with Gasteiger partial charge in [0.25, 0.3) is 5.56 Å². The van der Waals surface area contributed by atoms with Crippen molar-refractivity contribution in [2.45, 2.75) is 20.0 Å². The van der Waals surface area contributed by atoms with Crippen LogP contribution in [0.1, 0.15) is 18.1 Å². The van der Waals surface area contributed by atoms with Gasteiger partial charge in [0.05, 0.1) is 26.3 Å². The molecule has 1 heterocycles. The van der Waals surface area contributed by atoms with E-state index in [1.807, 2.05) is 60.4 Å². The van der Waals surface area contributed by atoms with Crippen LogP contribution in [0.15, 0.2) is 53.3 Å². The summed E-state index contributed by atoms with van der Waals surface area (Å²) in [6.45, 7) is 3.59. The smallest absolute Gasteiger partial charge is 0.253 e. The summed E-state index contributed by atoms with van der Waals surface area (Å²) in [5, 5.41) is 4.71. The summed E-state index contributed by atoms with van der Waals surface area (Å²) in [6.07, 6.45) is 0. The first-order chi connectivity index (χ1) is 14.0. The second-order valence-corrected chi connectivity index (χ2v) is 6.97. The molecule has 0 aliphatic carbocycles. The lowest BCUT2D eigenvalue weighted by Crippen LogP contribution is -2.39. The van der Waals surface area contributed by atoms with Crippen LogP contribution in [0.4, 0.5) is 0 Å². The Bertz CT molecular complexity index is 1060. The Labute approximate surface area is 175 Å². The van der Waals surface area contributed by atoms with Crippen molar-refractivity contribution in [2.75, 3.05) is 20.8 Å². The maximum atomic E-state index is 12.7.